The molecule has 4 nitrogen and oxygen atoms in total. The molecule has 0 aliphatic heterocycles. The van der Waals surface area contributed by atoms with Crippen LogP contribution < -0.4 is 11.1 Å². The standard InChI is InChI=1S/C13H20N2O2/c1-3-4-7-17-9-13(16)15-12-8-11(14)6-5-10(12)2/h5-6,8H,3-4,7,9,14H2,1-2H3,(H,15,16). The number of nitrogens with two attached hydrogens (primary N) is 1. The summed E-state index contributed by atoms with van der Waals surface area (Å²) in [6.45, 7) is 4.72. The molecule has 17 heavy (non-hydrogen) atoms. The van der Waals surface area contributed by atoms with Crippen LogP contribution in [-0.2, 0) is 9.53 Å². The zero-order valence-corrected chi connectivity index (χ0v) is 10.5. The van der Waals surface area contributed by atoms with Crippen LogP contribution >= 0.6 is 0 Å². The fraction of sp³-hybridized carbons (Fsp3) is 0.462. The Labute approximate surface area is 102 Å². The molecular formula is C13H20N2O2. The highest BCUT2D eigenvalue weighted by Crippen LogP contribution is 2.17. The Balaban J connectivity index is 2.42. The molecule has 4 heteroatoms. The van der Waals surface area contributed by atoms with Crippen LogP contribution in [0.5, 0.6) is 0 Å². The van der Waals surface area contributed by atoms with E-state index in [2.05, 4.69) is 12.2 Å². The van der Waals surface area contributed by atoms with E-state index in [9.17, 15) is 4.79 Å². The summed E-state index contributed by atoms with van der Waals surface area (Å²) < 4.78 is 5.23. The number of benzene rings is 1. The molecule has 1 aromatic rings. The molecule has 1 rings (SSSR count). The second-order valence-electron chi connectivity index (χ2n) is 4.03. The summed E-state index contributed by atoms with van der Waals surface area (Å²) in [5.41, 5.74) is 8.03. The van der Waals surface area contributed by atoms with Crippen molar-refractivity contribution in [1.29, 1.82) is 0 Å². The minimum atomic E-state index is -0.144. The molecule has 94 valence electrons. The molecule has 0 bridgehead atoms. The van der Waals surface area contributed by atoms with Gasteiger partial charge in [-0.3, -0.25) is 4.79 Å². The van der Waals surface area contributed by atoms with E-state index in [0.717, 1.165) is 24.1 Å². The highest BCUT2D eigenvalue weighted by Gasteiger charge is 2.05. The van der Waals surface area contributed by atoms with Gasteiger partial charge in [-0.25, -0.2) is 0 Å². The zero-order valence-electron chi connectivity index (χ0n) is 10.5. The van der Waals surface area contributed by atoms with Crippen molar-refractivity contribution in [3.05, 3.63) is 23.8 Å². The van der Waals surface area contributed by atoms with Gasteiger partial charge in [0.2, 0.25) is 5.91 Å². The molecule has 0 spiro atoms. The Bertz CT molecular complexity index is 378. The summed E-state index contributed by atoms with van der Waals surface area (Å²) in [5, 5.41) is 2.78. The second kappa shape index (κ2) is 6.91. The van der Waals surface area contributed by atoms with Gasteiger partial charge in [-0.15, -0.1) is 0 Å². The van der Waals surface area contributed by atoms with E-state index < -0.39 is 0 Å². The first-order valence-corrected chi connectivity index (χ1v) is 5.87. The monoisotopic (exact) mass is 236 g/mol. The van der Waals surface area contributed by atoms with Gasteiger partial charge in [0.1, 0.15) is 6.61 Å². The predicted octanol–water partition coefficient (Wildman–Crippen LogP) is 2.33. The molecule has 0 aromatic heterocycles. The van der Waals surface area contributed by atoms with Gasteiger partial charge in [-0.05, 0) is 31.0 Å². The first-order chi connectivity index (χ1) is 8.13. The number of ether oxygens (including phenoxy) is 1. The van der Waals surface area contributed by atoms with Crippen LogP contribution in [0, 0.1) is 6.92 Å². The van der Waals surface area contributed by atoms with Crippen LogP contribution in [0.3, 0.4) is 0 Å². The van der Waals surface area contributed by atoms with Crippen molar-refractivity contribution in [3.63, 3.8) is 0 Å². The molecule has 0 saturated heterocycles. The van der Waals surface area contributed by atoms with Crippen molar-refractivity contribution in [2.75, 3.05) is 24.3 Å². The van der Waals surface area contributed by atoms with Crippen LogP contribution in [0.2, 0.25) is 0 Å². The Morgan fingerprint density at radius 3 is 2.94 bits per heavy atom. The van der Waals surface area contributed by atoms with E-state index in [1.165, 1.54) is 0 Å². The number of anilines is 2. The van der Waals surface area contributed by atoms with Crippen molar-refractivity contribution >= 4 is 17.3 Å². The molecule has 1 amide bonds. The largest absolute Gasteiger partial charge is 0.399 e. The fourth-order valence-electron chi connectivity index (χ4n) is 1.37. The number of hydrogen-bond donors (Lipinski definition) is 2. The Hall–Kier alpha value is -1.55. The third-order valence-electron chi connectivity index (χ3n) is 2.41. The number of carbonyl (C=O) groups excluding carboxylic acids is 1. The third-order valence-corrected chi connectivity index (χ3v) is 2.41. The van der Waals surface area contributed by atoms with Crippen molar-refractivity contribution in [2.24, 2.45) is 0 Å². The van der Waals surface area contributed by atoms with Gasteiger partial charge in [-0.2, -0.15) is 0 Å². The maximum absolute atomic E-state index is 11.6. The molecule has 3 N–H and O–H groups in total. The molecule has 0 radical (unpaired) electrons. The molecule has 0 aliphatic carbocycles. The molecule has 0 aliphatic rings. The Morgan fingerprint density at radius 1 is 1.47 bits per heavy atom. The summed E-state index contributed by atoms with van der Waals surface area (Å²) in [4.78, 5) is 11.6. The van der Waals surface area contributed by atoms with Gasteiger partial charge in [0.25, 0.3) is 0 Å². The van der Waals surface area contributed by atoms with E-state index >= 15 is 0 Å². The quantitative estimate of drug-likeness (QED) is 0.588. The Kier molecular flexibility index (Phi) is 5.49. The number of nitrogens with one attached hydrogen (secondary N) is 1. The van der Waals surface area contributed by atoms with E-state index in [1.54, 1.807) is 6.07 Å². The van der Waals surface area contributed by atoms with Crippen molar-refractivity contribution in [1.82, 2.24) is 0 Å². The molecule has 1 aromatic carbocycles. The first kappa shape index (κ1) is 13.5. The summed E-state index contributed by atoms with van der Waals surface area (Å²) in [5.74, 6) is -0.144. The van der Waals surface area contributed by atoms with Gasteiger partial charge in [0.15, 0.2) is 0 Å². The Morgan fingerprint density at radius 2 is 2.24 bits per heavy atom. The average Bonchev–Trinajstić information content (AvgIpc) is 2.29. The number of aryl methyl sites for hydroxylation is 1. The van der Waals surface area contributed by atoms with Gasteiger partial charge in [0, 0.05) is 18.0 Å². The normalized spacial score (nSPS) is 10.2. The van der Waals surface area contributed by atoms with E-state index in [0.29, 0.717) is 12.3 Å². The number of rotatable bonds is 6. The maximum atomic E-state index is 11.6. The lowest BCUT2D eigenvalue weighted by atomic mass is 10.2. The summed E-state index contributed by atoms with van der Waals surface area (Å²) in [6, 6.07) is 5.44. The topological polar surface area (TPSA) is 64.3 Å². The van der Waals surface area contributed by atoms with E-state index in [-0.39, 0.29) is 12.5 Å². The number of nitrogen functional groups attached to an aromatic ring is 1. The third kappa shape index (κ3) is 4.87. The van der Waals surface area contributed by atoms with Crippen molar-refractivity contribution in [2.45, 2.75) is 26.7 Å². The molecule has 0 fully saturated rings. The average molecular weight is 236 g/mol. The van der Waals surface area contributed by atoms with Crippen LogP contribution in [0.25, 0.3) is 0 Å². The van der Waals surface area contributed by atoms with Gasteiger partial charge in [0.05, 0.1) is 0 Å². The van der Waals surface area contributed by atoms with E-state index in [4.69, 9.17) is 10.5 Å². The van der Waals surface area contributed by atoms with Crippen LogP contribution in [0.15, 0.2) is 18.2 Å². The smallest absolute Gasteiger partial charge is 0.250 e. The number of hydrogen-bond acceptors (Lipinski definition) is 3. The van der Waals surface area contributed by atoms with E-state index in [1.807, 2.05) is 19.1 Å². The minimum Gasteiger partial charge on any atom is -0.399 e. The lowest BCUT2D eigenvalue weighted by molar-refractivity contribution is -0.120. The van der Waals surface area contributed by atoms with Gasteiger partial charge < -0.3 is 15.8 Å². The predicted molar refractivity (Wildman–Crippen MR) is 69.9 cm³/mol. The number of amides is 1. The van der Waals surface area contributed by atoms with Crippen LogP contribution in [-0.4, -0.2) is 19.1 Å². The lowest BCUT2D eigenvalue weighted by Gasteiger charge is -2.09. The zero-order chi connectivity index (χ0) is 12.7. The van der Waals surface area contributed by atoms with Crippen molar-refractivity contribution in [3.8, 4) is 0 Å². The highest BCUT2D eigenvalue weighted by atomic mass is 16.5. The van der Waals surface area contributed by atoms with Crippen LogP contribution in [0.1, 0.15) is 25.3 Å². The van der Waals surface area contributed by atoms with Gasteiger partial charge >= 0.3 is 0 Å². The summed E-state index contributed by atoms with van der Waals surface area (Å²) in [7, 11) is 0. The molecule has 0 atom stereocenters. The number of unbranched alkanes of at least 4 members (excludes halogenated alkanes) is 1. The molecule has 0 unspecified atom stereocenters. The molecular weight excluding hydrogens is 216 g/mol. The lowest BCUT2D eigenvalue weighted by Crippen LogP contribution is -2.19. The minimum absolute atomic E-state index is 0.0915. The molecule has 0 saturated carbocycles. The summed E-state index contributed by atoms with van der Waals surface area (Å²) >= 11 is 0. The maximum Gasteiger partial charge on any atom is 0.250 e. The SMILES string of the molecule is CCCCOCC(=O)Nc1cc(N)ccc1C. The second-order valence-corrected chi connectivity index (χ2v) is 4.03. The number of carbonyl (C=O) groups is 1. The first-order valence-electron chi connectivity index (χ1n) is 5.87. The van der Waals surface area contributed by atoms with Gasteiger partial charge in [-0.1, -0.05) is 19.4 Å². The van der Waals surface area contributed by atoms with Crippen molar-refractivity contribution < 1.29 is 9.53 Å². The molecule has 0 heterocycles. The summed E-state index contributed by atoms with van der Waals surface area (Å²) in [6.07, 6.45) is 2.04. The van der Waals surface area contributed by atoms with Crippen LogP contribution in [0.4, 0.5) is 11.4 Å². The highest BCUT2D eigenvalue weighted by molar-refractivity contribution is 5.92. The fourth-order valence-corrected chi connectivity index (χ4v) is 1.37.